The Kier molecular flexibility index (Phi) is 6.06. The molecule has 0 heterocycles. The van der Waals surface area contributed by atoms with Gasteiger partial charge in [-0.05, 0) is 42.7 Å². The molecule has 1 aliphatic carbocycles. The van der Waals surface area contributed by atoms with Crippen LogP contribution in [0.3, 0.4) is 0 Å². The van der Waals surface area contributed by atoms with E-state index in [1.165, 1.54) is 52.8 Å². The van der Waals surface area contributed by atoms with Crippen LogP contribution in [0, 0.1) is 0 Å². The molecule has 3 heteroatoms. The summed E-state index contributed by atoms with van der Waals surface area (Å²) in [6.45, 7) is 3.28. The van der Waals surface area contributed by atoms with Crippen molar-refractivity contribution in [2.24, 2.45) is 0 Å². The van der Waals surface area contributed by atoms with Gasteiger partial charge in [-0.1, -0.05) is 41.8 Å². The lowest BCUT2D eigenvalue weighted by Crippen LogP contribution is -2.15. The third-order valence-corrected chi connectivity index (χ3v) is 4.87. The van der Waals surface area contributed by atoms with Gasteiger partial charge >= 0.3 is 0 Å². The Balaban J connectivity index is 1.89. The minimum atomic E-state index is 0.784. The molecular weight excluding hydrogens is 306 g/mol. The van der Waals surface area contributed by atoms with Gasteiger partial charge in [0.15, 0.2) is 0 Å². The molecule has 0 unspecified atom stereocenters. The Bertz CT molecular complexity index is 377. The zero-order valence-corrected chi connectivity index (χ0v) is 13.4. The third-order valence-electron chi connectivity index (χ3n) is 3.19. The van der Waals surface area contributed by atoms with Crippen LogP contribution in [0.2, 0.25) is 0 Å². The Morgan fingerprint density at radius 2 is 2.17 bits per heavy atom. The van der Waals surface area contributed by atoms with Crippen molar-refractivity contribution < 1.29 is 0 Å². The van der Waals surface area contributed by atoms with E-state index in [1.807, 2.05) is 11.8 Å². The lowest BCUT2D eigenvalue weighted by atomic mass is 10.2. The van der Waals surface area contributed by atoms with Crippen LogP contribution in [0.1, 0.15) is 44.6 Å². The standard InChI is InChI=1S/C15H22BrNS/c1-2-3-4-9-18-15-10-13(16)6-5-12(15)11-17-14-7-8-14/h5-6,10,14,17H,2-4,7-9,11H2,1H3. The summed E-state index contributed by atoms with van der Waals surface area (Å²) < 4.78 is 1.19. The summed E-state index contributed by atoms with van der Waals surface area (Å²) >= 11 is 5.58. The lowest BCUT2D eigenvalue weighted by molar-refractivity contribution is 0.680. The summed E-state index contributed by atoms with van der Waals surface area (Å²) in [4.78, 5) is 1.44. The molecule has 0 amide bonds. The number of hydrogen-bond acceptors (Lipinski definition) is 2. The molecule has 0 bridgehead atoms. The van der Waals surface area contributed by atoms with Crippen LogP contribution < -0.4 is 5.32 Å². The van der Waals surface area contributed by atoms with Gasteiger partial charge in [-0.25, -0.2) is 0 Å². The van der Waals surface area contributed by atoms with Crippen molar-refractivity contribution in [1.82, 2.24) is 5.32 Å². The first-order valence-electron chi connectivity index (χ1n) is 6.94. The molecule has 0 radical (unpaired) electrons. The second-order valence-corrected chi connectivity index (χ2v) is 7.02. The molecule has 2 rings (SSSR count). The first-order valence-corrected chi connectivity index (χ1v) is 8.72. The van der Waals surface area contributed by atoms with Crippen LogP contribution >= 0.6 is 27.7 Å². The van der Waals surface area contributed by atoms with Gasteiger partial charge < -0.3 is 5.32 Å². The summed E-state index contributed by atoms with van der Waals surface area (Å²) in [6.07, 6.45) is 6.68. The first kappa shape index (κ1) is 14.4. The Morgan fingerprint density at radius 3 is 2.89 bits per heavy atom. The molecule has 0 spiro atoms. The van der Waals surface area contributed by atoms with Gasteiger partial charge in [-0.15, -0.1) is 11.8 Å². The zero-order chi connectivity index (χ0) is 12.8. The van der Waals surface area contributed by atoms with Crippen LogP contribution in [0.25, 0.3) is 0 Å². The summed E-state index contributed by atoms with van der Waals surface area (Å²) in [5.74, 6) is 1.24. The molecule has 0 atom stereocenters. The van der Waals surface area contributed by atoms with Crippen molar-refractivity contribution in [3.63, 3.8) is 0 Å². The van der Waals surface area contributed by atoms with Crippen LogP contribution in [0.4, 0.5) is 0 Å². The van der Waals surface area contributed by atoms with Gasteiger partial charge in [-0.2, -0.15) is 0 Å². The molecule has 0 aliphatic heterocycles. The average Bonchev–Trinajstić information content (AvgIpc) is 3.17. The Labute approximate surface area is 123 Å². The van der Waals surface area contributed by atoms with Gasteiger partial charge in [0, 0.05) is 22.0 Å². The SMILES string of the molecule is CCCCCSc1cc(Br)ccc1CNC1CC1. The van der Waals surface area contributed by atoms with Crippen LogP contribution in [0.15, 0.2) is 27.6 Å². The molecule has 1 aromatic rings. The number of rotatable bonds is 8. The highest BCUT2D eigenvalue weighted by Gasteiger charge is 2.20. The van der Waals surface area contributed by atoms with Gasteiger partial charge in [0.1, 0.15) is 0 Å². The summed E-state index contributed by atoms with van der Waals surface area (Å²) in [5.41, 5.74) is 1.45. The third kappa shape index (κ3) is 4.94. The average molecular weight is 328 g/mol. The van der Waals surface area contributed by atoms with E-state index >= 15 is 0 Å². The summed E-state index contributed by atoms with van der Waals surface area (Å²) in [6, 6.07) is 7.45. The van der Waals surface area contributed by atoms with E-state index in [1.54, 1.807) is 0 Å². The van der Waals surface area contributed by atoms with Gasteiger partial charge in [0.05, 0.1) is 0 Å². The first-order chi connectivity index (χ1) is 8.79. The topological polar surface area (TPSA) is 12.0 Å². The van der Waals surface area contributed by atoms with E-state index in [0.29, 0.717) is 0 Å². The number of thioether (sulfide) groups is 1. The van der Waals surface area contributed by atoms with Crippen molar-refractivity contribution in [1.29, 1.82) is 0 Å². The molecule has 1 aliphatic rings. The Hall–Kier alpha value is 0.01000. The highest BCUT2D eigenvalue weighted by molar-refractivity contribution is 9.10. The van der Waals surface area contributed by atoms with E-state index in [0.717, 1.165) is 12.6 Å². The number of benzene rings is 1. The van der Waals surface area contributed by atoms with Crippen molar-refractivity contribution in [3.8, 4) is 0 Å². The minimum Gasteiger partial charge on any atom is -0.310 e. The quantitative estimate of drug-likeness (QED) is 0.533. The molecule has 0 aromatic heterocycles. The van der Waals surface area contributed by atoms with E-state index < -0.39 is 0 Å². The van der Waals surface area contributed by atoms with Crippen molar-refractivity contribution >= 4 is 27.7 Å². The monoisotopic (exact) mass is 327 g/mol. The predicted molar refractivity (Wildman–Crippen MR) is 84.3 cm³/mol. The second kappa shape index (κ2) is 7.56. The fraction of sp³-hybridized carbons (Fsp3) is 0.600. The predicted octanol–water partition coefficient (Wildman–Crippen LogP) is 4.98. The molecule has 1 saturated carbocycles. The minimum absolute atomic E-state index is 0.784. The van der Waals surface area contributed by atoms with Crippen LogP contribution in [-0.2, 0) is 6.54 Å². The van der Waals surface area contributed by atoms with Gasteiger partial charge in [-0.3, -0.25) is 0 Å². The highest BCUT2D eigenvalue weighted by Crippen LogP contribution is 2.28. The van der Waals surface area contributed by atoms with Gasteiger partial charge in [0.2, 0.25) is 0 Å². The maximum atomic E-state index is 3.61. The van der Waals surface area contributed by atoms with E-state index in [-0.39, 0.29) is 0 Å². The fourth-order valence-corrected chi connectivity index (χ4v) is 3.50. The maximum Gasteiger partial charge on any atom is 0.0219 e. The molecule has 1 nitrogen and oxygen atoms in total. The molecular formula is C15H22BrNS. The van der Waals surface area contributed by atoms with Crippen molar-refractivity contribution in [3.05, 3.63) is 28.2 Å². The smallest absolute Gasteiger partial charge is 0.0219 e. The van der Waals surface area contributed by atoms with Crippen molar-refractivity contribution in [2.45, 2.75) is 56.5 Å². The number of halogens is 1. The normalized spacial score (nSPS) is 15.0. The molecule has 1 N–H and O–H groups in total. The largest absolute Gasteiger partial charge is 0.310 e. The number of nitrogens with one attached hydrogen (secondary N) is 1. The second-order valence-electron chi connectivity index (χ2n) is 4.96. The Morgan fingerprint density at radius 1 is 1.33 bits per heavy atom. The van der Waals surface area contributed by atoms with Crippen LogP contribution in [0.5, 0.6) is 0 Å². The van der Waals surface area contributed by atoms with Crippen LogP contribution in [-0.4, -0.2) is 11.8 Å². The number of unbranched alkanes of at least 4 members (excludes halogenated alkanes) is 2. The van der Waals surface area contributed by atoms with E-state index in [9.17, 15) is 0 Å². The summed E-state index contributed by atoms with van der Waals surface area (Å²) in [5, 5.41) is 3.61. The molecule has 0 saturated heterocycles. The molecule has 1 fully saturated rings. The van der Waals surface area contributed by atoms with E-state index in [4.69, 9.17) is 0 Å². The fourth-order valence-electron chi connectivity index (χ4n) is 1.88. The molecule has 18 heavy (non-hydrogen) atoms. The maximum absolute atomic E-state index is 3.61. The van der Waals surface area contributed by atoms with Gasteiger partial charge in [0.25, 0.3) is 0 Å². The molecule has 1 aromatic carbocycles. The highest BCUT2D eigenvalue weighted by atomic mass is 79.9. The summed E-state index contributed by atoms with van der Waals surface area (Å²) in [7, 11) is 0. The van der Waals surface area contributed by atoms with Crippen molar-refractivity contribution in [2.75, 3.05) is 5.75 Å². The molecule has 100 valence electrons. The van der Waals surface area contributed by atoms with E-state index in [2.05, 4.69) is 46.4 Å². The number of hydrogen-bond donors (Lipinski definition) is 1. The zero-order valence-electron chi connectivity index (χ0n) is 11.0. The lowest BCUT2D eigenvalue weighted by Gasteiger charge is -2.10.